The van der Waals surface area contributed by atoms with Crippen molar-refractivity contribution in [3.05, 3.63) is 27.4 Å². The van der Waals surface area contributed by atoms with E-state index in [0.717, 1.165) is 0 Å². The zero-order valence-corrected chi connectivity index (χ0v) is 11.4. The molecule has 1 amide bonds. The number of nitrogens with zero attached hydrogens (tertiary/aromatic N) is 2. The minimum Gasteiger partial charge on any atom is -0.333 e. The summed E-state index contributed by atoms with van der Waals surface area (Å²) in [6.07, 6.45) is 1.44. The standard InChI is InChI=1S/C11H16N4O3S/c1-8(16)6-14(5-3-12)10(18)7-15-4-2-9(17)13-11(15)19/h2,4H,3,5-7,12H2,1H3,(H,13,17,19). The summed E-state index contributed by atoms with van der Waals surface area (Å²) in [6.45, 7) is 1.96. The van der Waals surface area contributed by atoms with Crippen LogP contribution in [0.5, 0.6) is 0 Å². The molecule has 3 N–H and O–H groups in total. The number of hydrogen-bond acceptors (Lipinski definition) is 5. The number of amides is 1. The van der Waals surface area contributed by atoms with E-state index >= 15 is 0 Å². The Kier molecular flexibility index (Phi) is 5.58. The number of nitrogens with two attached hydrogens (primary N) is 1. The third-order valence-electron chi connectivity index (χ3n) is 2.37. The van der Waals surface area contributed by atoms with E-state index in [4.69, 9.17) is 18.0 Å². The first-order valence-electron chi connectivity index (χ1n) is 5.71. The summed E-state index contributed by atoms with van der Waals surface area (Å²) in [7, 11) is 0. The molecule has 19 heavy (non-hydrogen) atoms. The molecule has 0 aliphatic rings. The second-order valence-corrected chi connectivity index (χ2v) is 4.43. The maximum atomic E-state index is 12.0. The molecule has 0 unspecified atom stereocenters. The van der Waals surface area contributed by atoms with Crippen molar-refractivity contribution in [2.75, 3.05) is 19.6 Å². The lowest BCUT2D eigenvalue weighted by atomic mass is 10.3. The van der Waals surface area contributed by atoms with Crippen LogP contribution in [-0.4, -0.2) is 45.8 Å². The Hall–Kier alpha value is -1.80. The Balaban J connectivity index is 2.83. The first-order valence-corrected chi connectivity index (χ1v) is 6.12. The Labute approximate surface area is 115 Å². The molecule has 8 heteroatoms. The van der Waals surface area contributed by atoms with Gasteiger partial charge in [0, 0.05) is 25.4 Å². The van der Waals surface area contributed by atoms with Gasteiger partial charge in [0.05, 0.1) is 6.54 Å². The number of rotatable bonds is 6. The van der Waals surface area contributed by atoms with Gasteiger partial charge in [0.1, 0.15) is 12.3 Å². The van der Waals surface area contributed by atoms with Gasteiger partial charge in [-0.25, -0.2) is 0 Å². The zero-order chi connectivity index (χ0) is 14.4. The molecule has 0 bridgehead atoms. The second kappa shape index (κ2) is 6.95. The molecule has 7 nitrogen and oxygen atoms in total. The van der Waals surface area contributed by atoms with Crippen LogP contribution >= 0.6 is 12.2 Å². The molecule has 1 rings (SSSR count). The number of aromatic nitrogens is 2. The van der Waals surface area contributed by atoms with Crippen molar-refractivity contribution >= 4 is 23.9 Å². The zero-order valence-electron chi connectivity index (χ0n) is 10.6. The molecule has 0 fully saturated rings. The van der Waals surface area contributed by atoms with Crippen molar-refractivity contribution in [2.45, 2.75) is 13.5 Å². The van der Waals surface area contributed by atoms with Crippen molar-refractivity contribution < 1.29 is 9.59 Å². The first-order chi connectivity index (χ1) is 8.93. The number of H-pyrrole nitrogens is 1. The minimum absolute atomic E-state index is 0.0205. The van der Waals surface area contributed by atoms with E-state index in [1.165, 1.54) is 28.7 Å². The molecule has 0 saturated carbocycles. The average molecular weight is 284 g/mol. The fraction of sp³-hybridized carbons (Fsp3) is 0.455. The number of carbonyl (C=O) groups is 2. The molecule has 0 spiro atoms. The van der Waals surface area contributed by atoms with E-state index in [1.54, 1.807) is 0 Å². The topological polar surface area (TPSA) is 101 Å². The normalized spacial score (nSPS) is 10.2. The van der Waals surface area contributed by atoms with Gasteiger partial charge in [-0.15, -0.1) is 0 Å². The van der Waals surface area contributed by atoms with E-state index in [9.17, 15) is 14.4 Å². The van der Waals surface area contributed by atoms with Crippen LogP contribution in [0.4, 0.5) is 0 Å². The second-order valence-electron chi connectivity index (χ2n) is 4.04. The van der Waals surface area contributed by atoms with E-state index in [2.05, 4.69) is 4.98 Å². The highest BCUT2D eigenvalue weighted by atomic mass is 32.1. The lowest BCUT2D eigenvalue weighted by Crippen LogP contribution is -2.40. The van der Waals surface area contributed by atoms with Gasteiger partial charge in [0.15, 0.2) is 4.77 Å². The monoisotopic (exact) mass is 284 g/mol. The minimum atomic E-state index is -0.323. The van der Waals surface area contributed by atoms with Crippen molar-refractivity contribution in [1.29, 1.82) is 0 Å². The van der Waals surface area contributed by atoms with Gasteiger partial charge in [-0.3, -0.25) is 19.4 Å². The molecular formula is C11H16N4O3S. The first kappa shape index (κ1) is 15.3. The SMILES string of the molecule is CC(=O)CN(CCN)C(=O)Cn1ccc(=O)[nH]c1=S. The third kappa shape index (κ3) is 4.76. The maximum Gasteiger partial charge on any atom is 0.251 e. The van der Waals surface area contributed by atoms with Crippen LogP contribution in [0.2, 0.25) is 0 Å². The van der Waals surface area contributed by atoms with E-state index < -0.39 is 0 Å². The summed E-state index contributed by atoms with van der Waals surface area (Å²) >= 11 is 4.94. The van der Waals surface area contributed by atoms with Crippen molar-refractivity contribution in [2.24, 2.45) is 5.73 Å². The van der Waals surface area contributed by atoms with Crippen LogP contribution in [-0.2, 0) is 16.1 Å². The van der Waals surface area contributed by atoms with E-state index in [1.807, 2.05) is 0 Å². The highest BCUT2D eigenvalue weighted by Gasteiger charge is 2.15. The lowest BCUT2D eigenvalue weighted by molar-refractivity contribution is -0.135. The molecule has 0 aliphatic heterocycles. The molecule has 0 aromatic carbocycles. The summed E-state index contributed by atoms with van der Waals surface area (Å²) < 4.78 is 1.60. The molecule has 104 valence electrons. The van der Waals surface area contributed by atoms with Crippen molar-refractivity contribution in [3.8, 4) is 0 Å². The van der Waals surface area contributed by atoms with Gasteiger partial charge < -0.3 is 15.2 Å². The summed E-state index contributed by atoms with van der Waals surface area (Å²) in [5.74, 6) is -0.393. The molecular weight excluding hydrogens is 268 g/mol. The molecule has 1 aromatic heterocycles. The van der Waals surface area contributed by atoms with Gasteiger partial charge in [-0.1, -0.05) is 0 Å². The van der Waals surface area contributed by atoms with Crippen LogP contribution in [0.3, 0.4) is 0 Å². The van der Waals surface area contributed by atoms with Crippen molar-refractivity contribution in [1.82, 2.24) is 14.5 Å². The predicted octanol–water partition coefficient (Wildman–Crippen LogP) is -0.718. The van der Waals surface area contributed by atoms with Gasteiger partial charge >= 0.3 is 0 Å². The molecule has 0 radical (unpaired) electrons. The van der Waals surface area contributed by atoms with Crippen LogP contribution in [0.1, 0.15) is 6.92 Å². The largest absolute Gasteiger partial charge is 0.333 e. The number of Topliss-reactive ketones (excluding diaryl/α,β-unsaturated/α-hetero) is 1. The summed E-state index contributed by atoms with van der Waals surface area (Å²) in [5, 5.41) is 0. The van der Waals surface area contributed by atoms with Crippen LogP contribution in [0.25, 0.3) is 0 Å². The maximum absolute atomic E-state index is 12.0. The third-order valence-corrected chi connectivity index (χ3v) is 2.70. The van der Waals surface area contributed by atoms with Gasteiger partial charge in [0.25, 0.3) is 5.56 Å². The molecule has 0 aliphatic carbocycles. The fourth-order valence-corrected chi connectivity index (χ4v) is 1.76. The highest BCUT2D eigenvalue weighted by molar-refractivity contribution is 7.71. The molecule has 1 heterocycles. The Morgan fingerprint density at radius 1 is 1.53 bits per heavy atom. The van der Waals surface area contributed by atoms with Crippen LogP contribution in [0, 0.1) is 4.77 Å². The number of carbonyl (C=O) groups excluding carboxylic acids is 2. The van der Waals surface area contributed by atoms with Gasteiger partial charge in [0.2, 0.25) is 5.91 Å². The molecule has 1 aromatic rings. The Morgan fingerprint density at radius 2 is 2.21 bits per heavy atom. The highest BCUT2D eigenvalue weighted by Crippen LogP contribution is 1.95. The number of aromatic amines is 1. The fourth-order valence-electron chi connectivity index (χ4n) is 1.53. The smallest absolute Gasteiger partial charge is 0.251 e. The lowest BCUT2D eigenvalue weighted by Gasteiger charge is -2.21. The average Bonchev–Trinajstić information content (AvgIpc) is 2.31. The summed E-state index contributed by atoms with van der Waals surface area (Å²) in [5.41, 5.74) is 5.08. The Bertz CT molecular complexity index is 578. The summed E-state index contributed by atoms with van der Waals surface area (Å²) in [6, 6.07) is 1.28. The van der Waals surface area contributed by atoms with E-state index in [0.29, 0.717) is 6.54 Å². The number of nitrogens with one attached hydrogen (secondary N) is 1. The molecule has 0 saturated heterocycles. The van der Waals surface area contributed by atoms with E-state index in [-0.39, 0.29) is 41.7 Å². The number of hydrogen-bond donors (Lipinski definition) is 2. The molecule has 0 atom stereocenters. The van der Waals surface area contributed by atoms with Gasteiger partial charge in [-0.05, 0) is 19.1 Å². The summed E-state index contributed by atoms with van der Waals surface area (Å²) in [4.78, 5) is 37.9. The predicted molar refractivity (Wildman–Crippen MR) is 72.2 cm³/mol. The van der Waals surface area contributed by atoms with Crippen molar-refractivity contribution in [3.63, 3.8) is 0 Å². The Morgan fingerprint density at radius 3 is 2.74 bits per heavy atom. The van der Waals surface area contributed by atoms with Crippen LogP contribution in [0.15, 0.2) is 17.1 Å². The van der Waals surface area contributed by atoms with Gasteiger partial charge in [-0.2, -0.15) is 0 Å². The quantitative estimate of drug-likeness (QED) is 0.671. The number of ketones is 1. The van der Waals surface area contributed by atoms with Crippen LogP contribution < -0.4 is 11.3 Å².